The maximum atomic E-state index is 12.1. The number of fused-ring (bicyclic) bond motifs is 1. The number of nitrogens with zero attached hydrogens (tertiary/aromatic N) is 3. The number of carbonyl (C=O) groups excluding carboxylic acids is 1. The fourth-order valence-electron chi connectivity index (χ4n) is 2.89. The summed E-state index contributed by atoms with van der Waals surface area (Å²) >= 11 is 0. The molecule has 0 saturated carbocycles. The van der Waals surface area contributed by atoms with Gasteiger partial charge < -0.3 is 4.57 Å². The number of nitrogens with one attached hydrogen (secondary N) is 1. The van der Waals surface area contributed by atoms with E-state index in [0.717, 1.165) is 27.7 Å². The molecule has 122 valence electrons. The van der Waals surface area contributed by atoms with Crippen molar-refractivity contribution in [1.29, 1.82) is 0 Å². The van der Waals surface area contributed by atoms with E-state index in [9.17, 15) is 4.79 Å². The van der Waals surface area contributed by atoms with Gasteiger partial charge in [0, 0.05) is 5.56 Å². The highest BCUT2D eigenvalue weighted by molar-refractivity contribution is 5.86. The third kappa shape index (κ3) is 3.35. The van der Waals surface area contributed by atoms with E-state index < -0.39 is 0 Å². The molecule has 0 aliphatic heterocycles. The van der Waals surface area contributed by atoms with Crippen LogP contribution in [0.5, 0.6) is 0 Å². The third-order valence-electron chi connectivity index (χ3n) is 3.96. The lowest BCUT2D eigenvalue weighted by Crippen LogP contribution is -2.22. The molecular weight excluding hydrogens is 300 g/mol. The monoisotopic (exact) mass is 320 g/mol. The topological polar surface area (TPSA) is 59.3 Å². The van der Waals surface area contributed by atoms with Gasteiger partial charge in [-0.15, -0.1) is 0 Å². The number of benzene rings is 2. The molecule has 0 fully saturated rings. The molecule has 1 aromatic heterocycles. The Morgan fingerprint density at radius 2 is 1.92 bits per heavy atom. The predicted molar refractivity (Wildman–Crippen MR) is 96.1 cm³/mol. The van der Waals surface area contributed by atoms with Gasteiger partial charge in [-0.25, -0.2) is 10.4 Å². The summed E-state index contributed by atoms with van der Waals surface area (Å²) in [7, 11) is 0. The van der Waals surface area contributed by atoms with Gasteiger partial charge in [0.1, 0.15) is 6.54 Å². The fourth-order valence-corrected chi connectivity index (χ4v) is 2.89. The second-order valence-corrected chi connectivity index (χ2v) is 5.97. The average Bonchev–Trinajstić information content (AvgIpc) is 2.93. The quantitative estimate of drug-likeness (QED) is 0.593. The summed E-state index contributed by atoms with van der Waals surface area (Å²) < 4.78 is 1.81. The van der Waals surface area contributed by atoms with Crippen molar-refractivity contribution in [3.63, 3.8) is 0 Å². The van der Waals surface area contributed by atoms with Crippen molar-refractivity contribution in [2.45, 2.75) is 27.3 Å². The molecule has 0 aliphatic carbocycles. The maximum absolute atomic E-state index is 12.1. The molecule has 1 heterocycles. The number of hydrazone groups is 1. The van der Waals surface area contributed by atoms with E-state index in [-0.39, 0.29) is 12.5 Å². The Morgan fingerprint density at radius 3 is 2.67 bits per heavy atom. The van der Waals surface area contributed by atoms with Crippen molar-refractivity contribution in [3.05, 3.63) is 65.0 Å². The first-order valence-corrected chi connectivity index (χ1v) is 7.84. The van der Waals surface area contributed by atoms with Gasteiger partial charge >= 0.3 is 0 Å². The highest BCUT2D eigenvalue weighted by atomic mass is 16.2. The molecule has 3 aromatic rings. The Morgan fingerprint density at radius 1 is 1.21 bits per heavy atom. The van der Waals surface area contributed by atoms with Crippen LogP contribution in [0.2, 0.25) is 0 Å². The van der Waals surface area contributed by atoms with Crippen LogP contribution in [0.15, 0.2) is 47.8 Å². The minimum atomic E-state index is -0.183. The Hall–Kier alpha value is -2.95. The molecule has 0 aliphatic rings. The summed E-state index contributed by atoms with van der Waals surface area (Å²) in [6.45, 7) is 6.34. The SMILES string of the molecule is Cc1cc(C)c(/C=N\NC(=O)Cn2cnc3ccccc32)c(C)c1. The summed E-state index contributed by atoms with van der Waals surface area (Å²) in [5, 5.41) is 4.10. The van der Waals surface area contributed by atoms with Gasteiger partial charge in [0.25, 0.3) is 5.91 Å². The van der Waals surface area contributed by atoms with E-state index in [1.165, 1.54) is 5.56 Å². The molecule has 5 nitrogen and oxygen atoms in total. The molecule has 5 heteroatoms. The van der Waals surface area contributed by atoms with Crippen LogP contribution in [0.1, 0.15) is 22.3 Å². The van der Waals surface area contributed by atoms with Crippen LogP contribution in [-0.2, 0) is 11.3 Å². The van der Waals surface area contributed by atoms with E-state index in [1.807, 2.05) is 42.7 Å². The Kier molecular flexibility index (Phi) is 4.42. The lowest BCUT2D eigenvalue weighted by atomic mass is 10.0. The number of rotatable bonds is 4. The minimum absolute atomic E-state index is 0.183. The van der Waals surface area contributed by atoms with Crippen LogP contribution in [0.4, 0.5) is 0 Å². The molecule has 2 aromatic carbocycles. The molecule has 1 amide bonds. The van der Waals surface area contributed by atoms with Gasteiger partial charge in [0.15, 0.2) is 0 Å². The minimum Gasteiger partial charge on any atom is -0.321 e. The van der Waals surface area contributed by atoms with Gasteiger partial charge in [-0.3, -0.25) is 4.79 Å². The molecule has 0 atom stereocenters. The second-order valence-electron chi connectivity index (χ2n) is 5.97. The molecule has 24 heavy (non-hydrogen) atoms. The molecule has 0 unspecified atom stereocenters. The lowest BCUT2D eigenvalue weighted by molar-refractivity contribution is -0.121. The second kappa shape index (κ2) is 6.66. The van der Waals surface area contributed by atoms with Crippen molar-refractivity contribution in [2.24, 2.45) is 5.10 Å². The maximum Gasteiger partial charge on any atom is 0.260 e. The van der Waals surface area contributed by atoms with E-state index in [4.69, 9.17) is 0 Å². The number of carbonyl (C=O) groups is 1. The Balaban J connectivity index is 1.68. The number of amides is 1. The van der Waals surface area contributed by atoms with Crippen LogP contribution in [0.3, 0.4) is 0 Å². The first-order valence-electron chi connectivity index (χ1n) is 7.84. The van der Waals surface area contributed by atoms with Crippen LogP contribution in [0, 0.1) is 20.8 Å². The van der Waals surface area contributed by atoms with Crippen molar-refractivity contribution in [1.82, 2.24) is 15.0 Å². The number of hydrogen-bond donors (Lipinski definition) is 1. The van der Waals surface area contributed by atoms with Gasteiger partial charge in [-0.05, 0) is 44.0 Å². The Bertz CT molecular complexity index is 901. The molecular formula is C19H20N4O. The molecule has 0 radical (unpaired) electrons. The summed E-state index contributed by atoms with van der Waals surface area (Å²) in [4.78, 5) is 16.4. The van der Waals surface area contributed by atoms with E-state index in [1.54, 1.807) is 12.5 Å². The number of para-hydroxylation sites is 2. The number of imidazole rings is 1. The number of aromatic nitrogens is 2. The zero-order valence-corrected chi connectivity index (χ0v) is 14.1. The molecule has 3 rings (SSSR count). The molecule has 0 spiro atoms. The highest BCUT2D eigenvalue weighted by Crippen LogP contribution is 2.14. The average molecular weight is 320 g/mol. The fraction of sp³-hybridized carbons (Fsp3) is 0.211. The zero-order valence-electron chi connectivity index (χ0n) is 14.1. The molecule has 1 N–H and O–H groups in total. The normalized spacial score (nSPS) is 11.3. The van der Waals surface area contributed by atoms with Crippen molar-refractivity contribution >= 4 is 23.2 Å². The van der Waals surface area contributed by atoms with E-state index in [2.05, 4.69) is 34.6 Å². The predicted octanol–water partition coefficient (Wildman–Crippen LogP) is 3.11. The summed E-state index contributed by atoms with van der Waals surface area (Å²) in [6, 6.07) is 11.9. The van der Waals surface area contributed by atoms with Crippen molar-refractivity contribution in [3.8, 4) is 0 Å². The van der Waals surface area contributed by atoms with Gasteiger partial charge in [-0.1, -0.05) is 29.8 Å². The summed E-state index contributed by atoms with van der Waals surface area (Å²) in [6.07, 6.45) is 3.37. The molecule has 0 bridgehead atoms. The first-order chi connectivity index (χ1) is 11.5. The van der Waals surface area contributed by atoms with E-state index in [0.29, 0.717) is 0 Å². The highest BCUT2D eigenvalue weighted by Gasteiger charge is 2.06. The standard InChI is InChI=1S/C19H20N4O/c1-13-8-14(2)16(15(3)9-13)10-21-22-19(24)11-23-12-20-17-6-4-5-7-18(17)23/h4-10,12H,11H2,1-3H3,(H,22,24)/b21-10-. The van der Waals surface area contributed by atoms with Crippen LogP contribution in [-0.4, -0.2) is 21.7 Å². The van der Waals surface area contributed by atoms with Crippen molar-refractivity contribution in [2.75, 3.05) is 0 Å². The van der Waals surface area contributed by atoms with Gasteiger partial charge in [0.05, 0.1) is 23.6 Å². The molecule has 0 saturated heterocycles. The zero-order chi connectivity index (χ0) is 17.1. The van der Waals surface area contributed by atoms with Gasteiger partial charge in [-0.2, -0.15) is 5.10 Å². The van der Waals surface area contributed by atoms with E-state index >= 15 is 0 Å². The third-order valence-corrected chi connectivity index (χ3v) is 3.96. The Labute approximate surface area is 141 Å². The largest absolute Gasteiger partial charge is 0.321 e. The number of hydrogen-bond acceptors (Lipinski definition) is 3. The first kappa shape index (κ1) is 15.9. The van der Waals surface area contributed by atoms with Crippen molar-refractivity contribution < 1.29 is 4.79 Å². The van der Waals surface area contributed by atoms with Crippen LogP contribution >= 0.6 is 0 Å². The van der Waals surface area contributed by atoms with Crippen LogP contribution in [0.25, 0.3) is 11.0 Å². The van der Waals surface area contributed by atoms with Crippen LogP contribution < -0.4 is 5.43 Å². The lowest BCUT2D eigenvalue weighted by Gasteiger charge is -2.07. The summed E-state index contributed by atoms with van der Waals surface area (Å²) in [5.74, 6) is -0.183. The van der Waals surface area contributed by atoms with Gasteiger partial charge in [0.2, 0.25) is 0 Å². The smallest absolute Gasteiger partial charge is 0.260 e. The number of aryl methyl sites for hydroxylation is 3. The summed E-state index contributed by atoms with van der Waals surface area (Å²) in [5.41, 5.74) is 8.94.